The Morgan fingerprint density at radius 3 is 2.57 bits per heavy atom. The molecule has 0 radical (unpaired) electrons. The second-order valence-electron chi connectivity index (χ2n) is 5.89. The summed E-state index contributed by atoms with van der Waals surface area (Å²) in [7, 11) is 0. The number of ether oxygens (including phenoxy) is 1. The number of aromatic nitrogens is 3. The maximum atomic E-state index is 11.2. The van der Waals surface area contributed by atoms with E-state index in [9.17, 15) is 10.1 Å². The van der Waals surface area contributed by atoms with E-state index in [4.69, 9.17) is 9.37 Å². The van der Waals surface area contributed by atoms with Gasteiger partial charge in [0.2, 0.25) is 5.52 Å². The lowest BCUT2D eigenvalue weighted by atomic mass is 10.2. The number of non-ortho nitro benzene ring substituents is 1. The lowest BCUT2D eigenvalue weighted by molar-refractivity contribution is -0.383. The van der Waals surface area contributed by atoms with Crippen LogP contribution in [-0.4, -0.2) is 20.2 Å². The second-order valence-corrected chi connectivity index (χ2v) is 6.92. The number of hydrogen-bond donors (Lipinski definition) is 0. The molecule has 2 aromatic heterocycles. The zero-order valence-electron chi connectivity index (χ0n) is 14.1. The van der Waals surface area contributed by atoms with Gasteiger partial charge in [0.15, 0.2) is 11.3 Å². The van der Waals surface area contributed by atoms with Gasteiger partial charge in [0.1, 0.15) is 10.8 Å². The SMILES string of the molecule is O=[N+]([O-])c1ccc(Oc2ccccc2-c2nc3ccccc3s2)c2nonc12. The van der Waals surface area contributed by atoms with Crippen LogP contribution in [0.2, 0.25) is 0 Å². The van der Waals surface area contributed by atoms with Crippen molar-refractivity contribution in [2.45, 2.75) is 0 Å². The molecule has 136 valence electrons. The molecule has 5 aromatic rings. The lowest BCUT2D eigenvalue weighted by Crippen LogP contribution is -1.93. The normalized spacial score (nSPS) is 11.1. The summed E-state index contributed by atoms with van der Waals surface area (Å²) in [6.45, 7) is 0. The zero-order valence-corrected chi connectivity index (χ0v) is 14.9. The molecule has 0 fully saturated rings. The molecular weight excluding hydrogens is 380 g/mol. The van der Waals surface area contributed by atoms with Crippen LogP contribution >= 0.6 is 11.3 Å². The highest BCUT2D eigenvalue weighted by Gasteiger charge is 2.21. The minimum atomic E-state index is -0.536. The Morgan fingerprint density at radius 1 is 0.929 bits per heavy atom. The van der Waals surface area contributed by atoms with Gasteiger partial charge >= 0.3 is 5.69 Å². The minimum Gasteiger partial charge on any atom is -0.454 e. The number of benzene rings is 3. The van der Waals surface area contributed by atoms with E-state index >= 15 is 0 Å². The van der Waals surface area contributed by atoms with E-state index in [0.717, 1.165) is 20.8 Å². The van der Waals surface area contributed by atoms with E-state index in [1.54, 1.807) is 11.3 Å². The minimum absolute atomic E-state index is 0.0416. The van der Waals surface area contributed by atoms with E-state index in [1.807, 2.05) is 48.5 Å². The summed E-state index contributed by atoms with van der Waals surface area (Å²) in [5.74, 6) is 0.870. The fraction of sp³-hybridized carbons (Fsp3) is 0. The van der Waals surface area contributed by atoms with Crippen molar-refractivity contribution in [3.8, 4) is 22.1 Å². The van der Waals surface area contributed by atoms with Gasteiger partial charge in [-0.05, 0) is 40.6 Å². The Kier molecular flexibility index (Phi) is 3.73. The van der Waals surface area contributed by atoms with Gasteiger partial charge in [0.25, 0.3) is 0 Å². The predicted molar refractivity (Wildman–Crippen MR) is 104 cm³/mol. The third-order valence-electron chi connectivity index (χ3n) is 4.19. The standard InChI is InChI=1S/C19H10N4O4S/c24-23(25)13-9-10-15(18-17(13)21-27-22-18)26-14-7-3-1-5-11(14)19-20-12-6-2-4-8-16(12)28-19/h1-10H. The topological polar surface area (TPSA) is 104 Å². The van der Waals surface area contributed by atoms with E-state index in [-0.39, 0.29) is 16.7 Å². The fourth-order valence-corrected chi connectivity index (χ4v) is 3.89. The van der Waals surface area contributed by atoms with E-state index in [0.29, 0.717) is 11.5 Å². The highest BCUT2D eigenvalue weighted by molar-refractivity contribution is 7.21. The number of hydrogen-bond acceptors (Lipinski definition) is 8. The maximum absolute atomic E-state index is 11.2. The van der Waals surface area contributed by atoms with Gasteiger partial charge in [-0.3, -0.25) is 10.1 Å². The third kappa shape index (κ3) is 2.65. The van der Waals surface area contributed by atoms with Crippen LogP contribution in [0.1, 0.15) is 0 Å². The van der Waals surface area contributed by atoms with Gasteiger partial charge in [-0.2, -0.15) is 0 Å². The van der Waals surface area contributed by atoms with Gasteiger partial charge < -0.3 is 4.74 Å². The summed E-state index contributed by atoms with van der Waals surface area (Å²) in [6, 6.07) is 18.2. The van der Waals surface area contributed by atoms with Gasteiger partial charge in [0.05, 0.1) is 20.7 Å². The van der Waals surface area contributed by atoms with E-state index in [1.165, 1.54) is 12.1 Å². The van der Waals surface area contributed by atoms with Gasteiger partial charge in [0, 0.05) is 6.07 Å². The largest absolute Gasteiger partial charge is 0.454 e. The molecule has 28 heavy (non-hydrogen) atoms. The van der Waals surface area contributed by atoms with Crippen LogP contribution in [-0.2, 0) is 0 Å². The average molecular weight is 390 g/mol. The Hall–Kier alpha value is -3.85. The molecule has 3 aromatic carbocycles. The van der Waals surface area contributed by atoms with Crippen molar-refractivity contribution in [2.75, 3.05) is 0 Å². The van der Waals surface area contributed by atoms with Crippen LogP contribution in [0.15, 0.2) is 65.3 Å². The number of thiazole rings is 1. The molecule has 0 aliphatic rings. The Morgan fingerprint density at radius 2 is 1.71 bits per heavy atom. The quantitative estimate of drug-likeness (QED) is 0.307. The van der Waals surface area contributed by atoms with Crippen LogP contribution in [0.4, 0.5) is 5.69 Å². The van der Waals surface area contributed by atoms with Crippen molar-refractivity contribution in [3.05, 3.63) is 70.8 Å². The first kappa shape index (κ1) is 16.3. The van der Waals surface area contributed by atoms with Crippen molar-refractivity contribution < 1.29 is 14.3 Å². The van der Waals surface area contributed by atoms with Crippen LogP contribution < -0.4 is 4.74 Å². The molecular formula is C19H10N4O4S. The molecule has 9 heteroatoms. The van der Waals surface area contributed by atoms with Crippen LogP contribution in [0.25, 0.3) is 31.8 Å². The van der Waals surface area contributed by atoms with E-state index < -0.39 is 4.92 Å². The number of nitrogens with zero attached hydrogens (tertiary/aromatic N) is 4. The van der Waals surface area contributed by atoms with Crippen molar-refractivity contribution in [2.24, 2.45) is 0 Å². The first-order valence-corrected chi connectivity index (χ1v) is 9.05. The van der Waals surface area contributed by atoms with Gasteiger partial charge in [-0.15, -0.1) is 11.3 Å². The average Bonchev–Trinajstić information content (AvgIpc) is 3.35. The summed E-state index contributed by atoms with van der Waals surface area (Å²) in [4.78, 5) is 15.3. The Labute approximate surface area is 161 Å². The van der Waals surface area contributed by atoms with Crippen molar-refractivity contribution in [3.63, 3.8) is 0 Å². The molecule has 8 nitrogen and oxygen atoms in total. The molecule has 0 N–H and O–H groups in total. The molecule has 0 aliphatic heterocycles. The summed E-state index contributed by atoms with van der Waals surface area (Å²) in [5, 5.41) is 19.4. The first-order valence-electron chi connectivity index (χ1n) is 8.23. The number of nitro groups is 1. The smallest absolute Gasteiger partial charge is 0.301 e. The predicted octanol–water partition coefficient (Wildman–Crippen LogP) is 5.20. The number of rotatable bonds is 4. The molecule has 0 saturated heterocycles. The summed E-state index contributed by atoms with van der Waals surface area (Å²) in [5.41, 5.74) is 1.76. The molecule has 0 atom stereocenters. The summed E-state index contributed by atoms with van der Waals surface area (Å²) < 4.78 is 11.8. The van der Waals surface area contributed by atoms with Crippen LogP contribution in [0.3, 0.4) is 0 Å². The Balaban J connectivity index is 1.60. The van der Waals surface area contributed by atoms with Crippen molar-refractivity contribution in [1.29, 1.82) is 0 Å². The first-order chi connectivity index (χ1) is 13.7. The molecule has 0 bridgehead atoms. The highest BCUT2D eigenvalue weighted by Crippen LogP contribution is 2.39. The summed E-state index contributed by atoms with van der Waals surface area (Å²) in [6.07, 6.45) is 0. The molecule has 0 unspecified atom stereocenters. The molecule has 0 amide bonds. The van der Waals surface area contributed by atoms with Crippen molar-refractivity contribution in [1.82, 2.24) is 15.3 Å². The van der Waals surface area contributed by atoms with Crippen LogP contribution in [0.5, 0.6) is 11.5 Å². The van der Waals surface area contributed by atoms with E-state index in [2.05, 4.69) is 15.3 Å². The molecule has 2 heterocycles. The molecule has 0 spiro atoms. The number of fused-ring (bicyclic) bond motifs is 2. The van der Waals surface area contributed by atoms with Crippen molar-refractivity contribution >= 4 is 38.3 Å². The number of para-hydroxylation sites is 2. The van der Waals surface area contributed by atoms with Gasteiger partial charge in [-0.25, -0.2) is 9.61 Å². The highest BCUT2D eigenvalue weighted by atomic mass is 32.1. The second kappa shape index (κ2) is 6.39. The Bertz CT molecular complexity index is 1310. The van der Waals surface area contributed by atoms with Crippen LogP contribution in [0, 0.1) is 10.1 Å². The van der Waals surface area contributed by atoms with Gasteiger partial charge in [-0.1, -0.05) is 24.3 Å². The monoisotopic (exact) mass is 390 g/mol. The molecule has 5 rings (SSSR count). The third-order valence-corrected chi connectivity index (χ3v) is 5.25. The lowest BCUT2D eigenvalue weighted by Gasteiger charge is -2.09. The summed E-state index contributed by atoms with van der Waals surface area (Å²) >= 11 is 1.56. The number of nitro benzene ring substituents is 1. The maximum Gasteiger partial charge on any atom is 0.301 e. The fourth-order valence-electron chi connectivity index (χ4n) is 2.90. The molecule has 0 saturated carbocycles. The zero-order chi connectivity index (χ0) is 19.1. The molecule has 0 aliphatic carbocycles.